The molecule has 0 saturated heterocycles. The Morgan fingerprint density at radius 1 is 1.11 bits per heavy atom. The van der Waals surface area contributed by atoms with Crippen LogP contribution in [0.15, 0.2) is 59.2 Å². The molecule has 28 heavy (non-hydrogen) atoms. The lowest BCUT2D eigenvalue weighted by atomic mass is 10.0. The third-order valence-electron chi connectivity index (χ3n) is 4.75. The van der Waals surface area contributed by atoms with Gasteiger partial charge in [-0.15, -0.1) is 0 Å². The second kappa shape index (κ2) is 7.19. The van der Waals surface area contributed by atoms with Crippen molar-refractivity contribution in [2.24, 2.45) is 0 Å². The average Bonchev–Trinajstić information content (AvgIpc) is 3.23. The number of ether oxygens (including phenoxy) is 2. The minimum Gasteiger partial charge on any atom is -0.502 e. The fraction of sp³-hybridized carbons (Fsp3) is 0.190. The maximum Gasteiger partial charge on any atom is 0.258 e. The van der Waals surface area contributed by atoms with Crippen LogP contribution in [-0.2, 0) is 6.54 Å². The molecule has 0 spiro atoms. The van der Waals surface area contributed by atoms with Crippen LogP contribution in [0.5, 0.6) is 17.2 Å². The van der Waals surface area contributed by atoms with Crippen molar-refractivity contribution in [1.29, 1.82) is 0 Å². The number of anilines is 1. The molecule has 7 heteroatoms. The van der Waals surface area contributed by atoms with Gasteiger partial charge in [-0.2, -0.15) is 0 Å². The smallest absolute Gasteiger partial charge is 0.258 e. The van der Waals surface area contributed by atoms with Gasteiger partial charge in [0.05, 0.1) is 32.6 Å². The SMILES string of the molecule is COc1cc(C2Nc3ccccc3C(=O)N2Cc2ccco2)cc(OC)c1O. The number of methoxy groups -OCH3 is 2. The lowest BCUT2D eigenvalue weighted by molar-refractivity contribution is 0.0651. The summed E-state index contributed by atoms with van der Waals surface area (Å²) in [4.78, 5) is 14.9. The van der Waals surface area contributed by atoms with Crippen molar-refractivity contribution < 1.29 is 23.8 Å². The molecule has 1 amide bonds. The van der Waals surface area contributed by atoms with Crippen LogP contribution < -0.4 is 14.8 Å². The Balaban J connectivity index is 1.82. The van der Waals surface area contributed by atoms with Crippen LogP contribution in [0.3, 0.4) is 0 Å². The predicted molar refractivity (Wildman–Crippen MR) is 103 cm³/mol. The summed E-state index contributed by atoms with van der Waals surface area (Å²) in [5.74, 6) is 0.980. The summed E-state index contributed by atoms with van der Waals surface area (Å²) in [6.07, 6.45) is 1.07. The Labute approximate surface area is 162 Å². The van der Waals surface area contributed by atoms with E-state index in [4.69, 9.17) is 13.9 Å². The van der Waals surface area contributed by atoms with E-state index < -0.39 is 6.17 Å². The number of nitrogens with one attached hydrogen (secondary N) is 1. The summed E-state index contributed by atoms with van der Waals surface area (Å²) in [6.45, 7) is 0.281. The first kappa shape index (κ1) is 17.8. The van der Waals surface area contributed by atoms with Crippen LogP contribution in [0.1, 0.15) is 27.8 Å². The maximum atomic E-state index is 13.2. The number of phenolic OH excluding ortho intramolecular Hbond substituents is 1. The van der Waals surface area contributed by atoms with Gasteiger partial charge in [-0.25, -0.2) is 0 Å². The Morgan fingerprint density at radius 3 is 2.46 bits per heavy atom. The van der Waals surface area contributed by atoms with Gasteiger partial charge < -0.3 is 29.2 Å². The highest BCUT2D eigenvalue weighted by Gasteiger charge is 2.34. The van der Waals surface area contributed by atoms with Crippen molar-refractivity contribution in [3.8, 4) is 17.2 Å². The lowest BCUT2D eigenvalue weighted by Crippen LogP contribution is -2.42. The first-order valence-corrected chi connectivity index (χ1v) is 8.76. The molecule has 2 aromatic carbocycles. The van der Waals surface area contributed by atoms with E-state index >= 15 is 0 Å². The van der Waals surface area contributed by atoms with Gasteiger partial charge in [0, 0.05) is 11.3 Å². The number of phenols is 1. The van der Waals surface area contributed by atoms with E-state index in [0.29, 0.717) is 16.9 Å². The maximum absolute atomic E-state index is 13.2. The molecule has 0 saturated carbocycles. The Kier molecular flexibility index (Phi) is 4.57. The number of hydrogen-bond donors (Lipinski definition) is 2. The first-order valence-electron chi connectivity index (χ1n) is 8.76. The first-order chi connectivity index (χ1) is 13.6. The molecular formula is C21H20N2O5. The summed E-state index contributed by atoms with van der Waals surface area (Å²) in [5.41, 5.74) is 2.03. The number of aromatic hydroxyl groups is 1. The molecule has 0 bridgehead atoms. The largest absolute Gasteiger partial charge is 0.502 e. The number of amides is 1. The van der Waals surface area contributed by atoms with Gasteiger partial charge >= 0.3 is 0 Å². The van der Waals surface area contributed by atoms with Crippen molar-refractivity contribution in [3.63, 3.8) is 0 Å². The molecule has 1 aliphatic heterocycles. The average molecular weight is 380 g/mol. The number of benzene rings is 2. The van der Waals surface area contributed by atoms with Crippen LogP contribution in [0, 0.1) is 0 Å². The van der Waals surface area contributed by atoms with E-state index in [0.717, 1.165) is 5.69 Å². The number of nitrogens with zero attached hydrogens (tertiary/aromatic N) is 1. The van der Waals surface area contributed by atoms with Crippen molar-refractivity contribution in [1.82, 2.24) is 4.90 Å². The third-order valence-corrected chi connectivity index (χ3v) is 4.75. The molecule has 2 N–H and O–H groups in total. The van der Waals surface area contributed by atoms with Crippen molar-refractivity contribution in [2.45, 2.75) is 12.7 Å². The van der Waals surface area contributed by atoms with E-state index in [1.165, 1.54) is 14.2 Å². The molecule has 0 aliphatic carbocycles. The topological polar surface area (TPSA) is 84.2 Å². The number of rotatable bonds is 5. The second-order valence-electron chi connectivity index (χ2n) is 6.38. The normalized spacial score (nSPS) is 15.7. The standard InChI is InChI=1S/C21H20N2O5/c1-26-17-10-13(11-18(27-2)19(17)24)20-22-16-8-4-3-7-15(16)21(25)23(20)12-14-6-5-9-28-14/h3-11,20,22,24H,12H2,1-2H3. The van der Waals surface area contributed by atoms with E-state index in [1.807, 2.05) is 24.3 Å². The van der Waals surface area contributed by atoms with Gasteiger partial charge in [0.25, 0.3) is 5.91 Å². The van der Waals surface area contributed by atoms with E-state index in [2.05, 4.69) is 5.32 Å². The van der Waals surface area contributed by atoms with Crippen LogP contribution in [-0.4, -0.2) is 30.1 Å². The lowest BCUT2D eigenvalue weighted by Gasteiger charge is -2.38. The van der Waals surface area contributed by atoms with Gasteiger partial charge in [-0.05, 0) is 36.4 Å². The van der Waals surface area contributed by atoms with E-state index in [1.54, 1.807) is 35.4 Å². The minimum atomic E-state index is -0.504. The molecule has 0 radical (unpaired) electrons. The number of fused-ring (bicyclic) bond motifs is 1. The highest BCUT2D eigenvalue weighted by Crippen LogP contribution is 2.42. The van der Waals surface area contributed by atoms with Crippen LogP contribution in [0.2, 0.25) is 0 Å². The number of furan rings is 1. The highest BCUT2D eigenvalue weighted by molar-refractivity contribution is 6.01. The zero-order chi connectivity index (χ0) is 19.7. The molecule has 3 aromatic rings. The van der Waals surface area contributed by atoms with Gasteiger partial charge in [0.15, 0.2) is 11.5 Å². The van der Waals surface area contributed by atoms with Crippen molar-refractivity contribution in [2.75, 3.05) is 19.5 Å². The van der Waals surface area contributed by atoms with E-state index in [-0.39, 0.29) is 29.7 Å². The Hall–Kier alpha value is -3.61. The fourth-order valence-corrected chi connectivity index (χ4v) is 3.36. The molecule has 4 rings (SSSR count). The molecule has 7 nitrogen and oxygen atoms in total. The molecule has 0 fully saturated rings. The van der Waals surface area contributed by atoms with Gasteiger partial charge in [0.1, 0.15) is 11.9 Å². The summed E-state index contributed by atoms with van der Waals surface area (Å²) >= 11 is 0. The molecular weight excluding hydrogens is 360 g/mol. The summed E-state index contributed by atoms with van der Waals surface area (Å²) < 4.78 is 16.0. The zero-order valence-corrected chi connectivity index (χ0v) is 15.5. The monoisotopic (exact) mass is 380 g/mol. The molecule has 2 heterocycles. The van der Waals surface area contributed by atoms with Gasteiger partial charge in [-0.3, -0.25) is 4.79 Å². The number of para-hydroxylation sites is 1. The molecule has 1 unspecified atom stereocenters. The van der Waals surface area contributed by atoms with E-state index in [9.17, 15) is 9.90 Å². The Morgan fingerprint density at radius 2 is 1.82 bits per heavy atom. The fourth-order valence-electron chi connectivity index (χ4n) is 3.36. The summed E-state index contributed by atoms with van der Waals surface area (Å²) in [6, 6.07) is 14.3. The van der Waals surface area contributed by atoms with Crippen molar-refractivity contribution in [3.05, 3.63) is 71.7 Å². The summed E-state index contributed by atoms with van der Waals surface area (Å²) in [7, 11) is 2.93. The molecule has 1 atom stereocenters. The quantitative estimate of drug-likeness (QED) is 0.701. The van der Waals surface area contributed by atoms with Crippen LogP contribution >= 0.6 is 0 Å². The second-order valence-corrected chi connectivity index (χ2v) is 6.38. The van der Waals surface area contributed by atoms with Crippen LogP contribution in [0.25, 0.3) is 0 Å². The van der Waals surface area contributed by atoms with Gasteiger partial charge in [-0.1, -0.05) is 12.1 Å². The molecule has 144 valence electrons. The third kappa shape index (κ3) is 3.00. The minimum absolute atomic E-state index is 0.0890. The van der Waals surface area contributed by atoms with Crippen LogP contribution in [0.4, 0.5) is 5.69 Å². The zero-order valence-electron chi connectivity index (χ0n) is 15.5. The predicted octanol–water partition coefficient (Wildman–Crippen LogP) is 3.77. The number of carbonyl (C=O) groups is 1. The molecule has 1 aliphatic rings. The Bertz CT molecular complexity index is 975. The summed E-state index contributed by atoms with van der Waals surface area (Å²) in [5, 5.41) is 13.6. The number of carbonyl (C=O) groups excluding carboxylic acids is 1. The molecule has 1 aromatic heterocycles. The highest BCUT2D eigenvalue weighted by atomic mass is 16.5. The number of hydrogen-bond acceptors (Lipinski definition) is 6. The van der Waals surface area contributed by atoms with Crippen molar-refractivity contribution >= 4 is 11.6 Å². The van der Waals surface area contributed by atoms with Gasteiger partial charge in [0.2, 0.25) is 5.75 Å².